The minimum Gasteiger partial charge on any atom is -0.394 e. The van der Waals surface area contributed by atoms with Gasteiger partial charge in [-0.1, -0.05) is 42.1 Å². The van der Waals surface area contributed by atoms with Crippen LogP contribution in [0.25, 0.3) is 0 Å². The van der Waals surface area contributed by atoms with Crippen LogP contribution in [0.3, 0.4) is 0 Å². The lowest BCUT2D eigenvalue weighted by Crippen LogP contribution is -2.49. The highest BCUT2D eigenvalue weighted by atomic mass is 32.2. The largest absolute Gasteiger partial charge is 0.394 e. The van der Waals surface area contributed by atoms with Gasteiger partial charge in [0.1, 0.15) is 5.84 Å². The zero-order chi connectivity index (χ0) is 23.9. The second kappa shape index (κ2) is 8.89. The van der Waals surface area contributed by atoms with E-state index < -0.39 is 19.7 Å². The molecule has 27 heavy (non-hydrogen) atoms. The summed E-state index contributed by atoms with van der Waals surface area (Å²) in [6, 6.07) is 16.1. The maximum absolute atomic E-state index is 9.30. The molecule has 0 radical (unpaired) electrons. The van der Waals surface area contributed by atoms with Crippen molar-refractivity contribution in [1.29, 1.82) is 0 Å². The second-order valence-electron chi connectivity index (χ2n) is 6.22. The van der Waals surface area contributed by atoms with Crippen molar-refractivity contribution in [2.24, 2.45) is 4.99 Å². The Morgan fingerprint density at radius 1 is 1.00 bits per heavy atom. The van der Waals surface area contributed by atoms with Gasteiger partial charge >= 0.3 is 0 Å². The number of hydrogen-bond acceptors (Lipinski definition) is 6. The van der Waals surface area contributed by atoms with Crippen LogP contribution in [0.2, 0.25) is 0 Å². The van der Waals surface area contributed by atoms with Gasteiger partial charge < -0.3 is 14.7 Å². The third-order valence-corrected chi connectivity index (χ3v) is 5.71. The molecule has 2 heterocycles. The molecule has 0 bridgehead atoms. The van der Waals surface area contributed by atoms with E-state index in [-0.39, 0.29) is 6.54 Å². The van der Waals surface area contributed by atoms with Crippen LogP contribution < -0.4 is 0 Å². The SMILES string of the molecule is [2H]C([2H])(CN1CCN(C2=Nc3ccccc3Sc3ccccc32)CC1)OC([2H])([2H])C([2H])([2H])O. The second-order valence-corrected chi connectivity index (χ2v) is 7.31. The summed E-state index contributed by atoms with van der Waals surface area (Å²) in [5.41, 5.74) is 1.95. The van der Waals surface area contributed by atoms with E-state index in [0.717, 1.165) is 26.9 Å². The smallest absolute Gasteiger partial charge is 0.137 e. The van der Waals surface area contributed by atoms with Gasteiger partial charge in [0.15, 0.2) is 0 Å². The molecule has 2 aromatic carbocycles. The Morgan fingerprint density at radius 2 is 1.74 bits per heavy atom. The number of ether oxygens (including phenoxy) is 1. The van der Waals surface area contributed by atoms with Crippen molar-refractivity contribution in [3.8, 4) is 0 Å². The van der Waals surface area contributed by atoms with Gasteiger partial charge in [0, 0.05) is 48.1 Å². The first-order valence-corrected chi connectivity index (χ1v) is 9.62. The van der Waals surface area contributed by atoms with Gasteiger partial charge in [-0.25, -0.2) is 4.99 Å². The van der Waals surface area contributed by atoms with Crippen LogP contribution in [0.1, 0.15) is 13.8 Å². The molecule has 4 rings (SSSR count). The summed E-state index contributed by atoms with van der Waals surface area (Å²) in [4.78, 5) is 11.1. The van der Waals surface area contributed by atoms with Crippen molar-refractivity contribution in [3.63, 3.8) is 0 Å². The maximum Gasteiger partial charge on any atom is 0.137 e. The number of aliphatic hydroxyl groups is 1. The van der Waals surface area contributed by atoms with E-state index in [4.69, 9.17) is 18.0 Å². The molecule has 2 aliphatic heterocycles. The first kappa shape index (κ1) is 12.6. The summed E-state index contributed by atoms with van der Waals surface area (Å²) in [6.07, 6.45) is 0. The number of hydrogen-bond donors (Lipinski definition) is 1. The van der Waals surface area contributed by atoms with Gasteiger partial charge in [-0.2, -0.15) is 0 Å². The molecule has 1 saturated heterocycles. The Balaban J connectivity index is 1.47. The summed E-state index contributed by atoms with van der Waals surface area (Å²) in [5.74, 6) is 0.867. The monoisotopic (exact) mass is 389 g/mol. The Morgan fingerprint density at radius 3 is 2.56 bits per heavy atom. The lowest BCUT2D eigenvalue weighted by molar-refractivity contribution is 0.0652. The predicted molar refractivity (Wildman–Crippen MR) is 109 cm³/mol. The molecule has 0 saturated carbocycles. The van der Waals surface area contributed by atoms with Gasteiger partial charge in [0.2, 0.25) is 0 Å². The minimum absolute atomic E-state index is 0.252. The van der Waals surface area contributed by atoms with Crippen LogP contribution in [0.15, 0.2) is 63.3 Å². The molecule has 6 heteroatoms. The normalized spacial score (nSPS) is 22.0. The maximum atomic E-state index is 9.30. The molecule has 1 fully saturated rings. The molecule has 2 aromatic rings. The van der Waals surface area contributed by atoms with Gasteiger partial charge in [0.05, 0.1) is 33.6 Å². The van der Waals surface area contributed by atoms with E-state index >= 15 is 0 Å². The summed E-state index contributed by atoms with van der Waals surface area (Å²) < 4.78 is 49.9. The molecule has 0 aromatic heterocycles. The van der Waals surface area contributed by atoms with E-state index in [2.05, 4.69) is 23.1 Å². The standard InChI is InChI=1S/C21H25N3O2S/c25-14-16-26-15-13-23-9-11-24(12-10-23)21-17-5-1-3-7-19(17)27-20-8-4-2-6-18(20)22-21/h1-8,25H,9-16H2/i14D2,15D2,16D2. The predicted octanol–water partition coefficient (Wildman–Crippen LogP) is 2.86. The quantitative estimate of drug-likeness (QED) is 0.852. The lowest BCUT2D eigenvalue weighted by atomic mass is 10.1. The first-order chi connectivity index (χ1) is 15.5. The third kappa shape index (κ3) is 4.35. The van der Waals surface area contributed by atoms with E-state index in [1.165, 1.54) is 0 Å². The van der Waals surface area contributed by atoms with Crippen molar-refractivity contribution in [1.82, 2.24) is 9.80 Å². The molecule has 142 valence electrons. The zero-order valence-electron chi connectivity index (χ0n) is 20.8. The fourth-order valence-corrected chi connectivity index (χ4v) is 4.23. The molecule has 5 nitrogen and oxygen atoms in total. The molecule has 0 amide bonds. The summed E-state index contributed by atoms with van der Waals surface area (Å²) in [7, 11) is 0. The van der Waals surface area contributed by atoms with Crippen LogP contribution >= 0.6 is 11.8 Å². The van der Waals surface area contributed by atoms with Crippen LogP contribution in [0, 0.1) is 0 Å². The van der Waals surface area contributed by atoms with Crippen molar-refractivity contribution in [2.75, 3.05) is 52.4 Å². The molecule has 1 N–H and O–H groups in total. The number of piperazine rings is 1. The Kier molecular flexibility index (Phi) is 4.14. The van der Waals surface area contributed by atoms with Crippen molar-refractivity contribution in [2.45, 2.75) is 9.79 Å². The molecule has 0 spiro atoms. The number of fused-ring (bicyclic) bond motifs is 2. The Hall–Kier alpha value is -1.86. The minimum atomic E-state index is -3.32. The molecular formula is C21H25N3O2S. The van der Waals surface area contributed by atoms with E-state index in [9.17, 15) is 5.11 Å². The molecule has 0 aliphatic carbocycles. The van der Waals surface area contributed by atoms with Crippen LogP contribution in [-0.2, 0) is 4.74 Å². The molecule has 0 unspecified atom stereocenters. The topological polar surface area (TPSA) is 48.3 Å². The number of rotatable bonds is 5. The fourth-order valence-electron chi connectivity index (χ4n) is 3.21. The lowest BCUT2D eigenvalue weighted by Gasteiger charge is -2.36. The Labute approximate surface area is 173 Å². The summed E-state index contributed by atoms with van der Waals surface area (Å²) in [6.45, 7) is -7.07. The van der Waals surface area contributed by atoms with Gasteiger partial charge in [0.25, 0.3) is 0 Å². The van der Waals surface area contributed by atoms with Crippen molar-refractivity contribution in [3.05, 3.63) is 54.1 Å². The highest BCUT2D eigenvalue weighted by Gasteiger charge is 2.24. The summed E-state index contributed by atoms with van der Waals surface area (Å²) >= 11 is 1.68. The van der Waals surface area contributed by atoms with Crippen molar-refractivity contribution >= 4 is 23.3 Å². The van der Waals surface area contributed by atoms with Gasteiger partial charge in [-0.15, -0.1) is 0 Å². The zero-order valence-corrected chi connectivity index (χ0v) is 15.6. The van der Waals surface area contributed by atoms with E-state index in [0.29, 0.717) is 26.2 Å². The van der Waals surface area contributed by atoms with Crippen LogP contribution in [-0.4, -0.2) is 73.1 Å². The number of amidine groups is 1. The fraction of sp³-hybridized carbons (Fsp3) is 0.381. The summed E-state index contributed by atoms with van der Waals surface area (Å²) in [5, 5.41) is 9.30. The van der Waals surface area contributed by atoms with Crippen LogP contribution in [0.4, 0.5) is 5.69 Å². The van der Waals surface area contributed by atoms with E-state index in [1.54, 1.807) is 16.7 Å². The number of benzene rings is 2. The number of aliphatic imine (C=N–C) groups is 1. The Bertz CT molecular complexity index is 1040. The molecule has 0 atom stereocenters. The number of para-hydroxylation sites is 1. The van der Waals surface area contributed by atoms with E-state index in [1.807, 2.05) is 30.3 Å². The highest BCUT2D eigenvalue weighted by molar-refractivity contribution is 7.99. The molecule has 2 aliphatic rings. The number of nitrogens with zero attached hydrogens (tertiary/aromatic N) is 3. The average molecular weight is 390 g/mol. The first-order valence-electron chi connectivity index (χ1n) is 11.8. The van der Waals surface area contributed by atoms with Gasteiger partial charge in [-0.05, 0) is 18.2 Å². The van der Waals surface area contributed by atoms with Crippen LogP contribution in [0.5, 0.6) is 0 Å². The highest BCUT2D eigenvalue weighted by Crippen LogP contribution is 2.40. The van der Waals surface area contributed by atoms with Gasteiger partial charge in [-0.3, -0.25) is 4.90 Å². The molecular weight excluding hydrogens is 358 g/mol. The third-order valence-electron chi connectivity index (χ3n) is 4.57. The van der Waals surface area contributed by atoms with Crippen molar-refractivity contribution < 1.29 is 18.1 Å². The average Bonchev–Trinajstić information content (AvgIpc) is 2.89.